The number of hydrogen-bond donors (Lipinski definition) is 1. The van der Waals surface area contributed by atoms with E-state index in [9.17, 15) is 13.6 Å². The average molecular weight is 549 g/mol. The lowest BCUT2D eigenvalue weighted by Crippen LogP contribution is -2.54. The number of carbonyl (C=O) groups is 1. The number of piperidine rings is 1. The summed E-state index contributed by atoms with van der Waals surface area (Å²) >= 11 is 0. The number of guanidine groups is 1. The maximum absolute atomic E-state index is 13.8. The standard InChI is InChI=1S/C22H33F2N5O.HI/c1-2-25-22(26-10-9-18-7-6-8-19(23)21(18)24)29-15-13-27(14-16-29)17-20(30)28-11-4-3-5-12-28;/h6-8H,2-5,9-17H2,1H3,(H,25,26);1H. The maximum Gasteiger partial charge on any atom is 0.236 e. The average Bonchev–Trinajstić information content (AvgIpc) is 2.77. The van der Waals surface area contributed by atoms with Crippen LogP contribution >= 0.6 is 24.0 Å². The van der Waals surface area contributed by atoms with Crippen molar-refractivity contribution in [3.63, 3.8) is 0 Å². The molecule has 1 amide bonds. The van der Waals surface area contributed by atoms with Crippen LogP contribution in [0.15, 0.2) is 23.2 Å². The van der Waals surface area contributed by atoms with Gasteiger partial charge >= 0.3 is 0 Å². The van der Waals surface area contributed by atoms with Crippen LogP contribution in [0.3, 0.4) is 0 Å². The highest BCUT2D eigenvalue weighted by Gasteiger charge is 2.24. The first-order valence-corrected chi connectivity index (χ1v) is 11.0. The normalized spacial score (nSPS) is 18.0. The van der Waals surface area contributed by atoms with Crippen LogP contribution < -0.4 is 5.32 Å². The minimum absolute atomic E-state index is 0. The van der Waals surface area contributed by atoms with E-state index in [-0.39, 0.29) is 29.9 Å². The third-order valence-electron chi connectivity index (χ3n) is 5.75. The van der Waals surface area contributed by atoms with E-state index in [1.807, 2.05) is 11.8 Å². The largest absolute Gasteiger partial charge is 0.357 e. The summed E-state index contributed by atoms with van der Waals surface area (Å²) in [7, 11) is 0. The lowest BCUT2D eigenvalue weighted by molar-refractivity contribution is -0.133. The molecule has 0 radical (unpaired) electrons. The fourth-order valence-corrected chi connectivity index (χ4v) is 4.00. The number of carbonyl (C=O) groups excluding carboxylic acids is 1. The van der Waals surface area contributed by atoms with Crippen LogP contribution in [0.5, 0.6) is 0 Å². The molecule has 0 aliphatic carbocycles. The maximum atomic E-state index is 13.8. The number of likely N-dealkylation sites (tertiary alicyclic amines) is 1. The van der Waals surface area contributed by atoms with Gasteiger partial charge in [0.2, 0.25) is 5.91 Å². The Kier molecular flexibility index (Phi) is 10.9. The van der Waals surface area contributed by atoms with Crippen molar-refractivity contribution in [1.82, 2.24) is 20.0 Å². The predicted octanol–water partition coefficient (Wildman–Crippen LogP) is 2.72. The van der Waals surface area contributed by atoms with Gasteiger partial charge in [0.1, 0.15) is 0 Å². The lowest BCUT2D eigenvalue weighted by atomic mass is 10.1. The molecule has 0 aromatic heterocycles. The fourth-order valence-electron chi connectivity index (χ4n) is 4.00. The van der Waals surface area contributed by atoms with Crippen LogP contribution in [0.4, 0.5) is 8.78 Å². The summed E-state index contributed by atoms with van der Waals surface area (Å²) in [6.07, 6.45) is 3.80. The van der Waals surface area contributed by atoms with Gasteiger partial charge in [0, 0.05) is 52.4 Å². The minimum Gasteiger partial charge on any atom is -0.357 e. The van der Waals surface area contributed by atoms with Crippen LogP contribution in [0, 0.1) is 11.6 Å². The van der Waals surface area contributed by atoms with E-state index in [2.05, 4.69) is 20.1 Å². The fraction of sp³-hybridized carbons (Fsp3) is 0.636. The monoisotopic (exact) mass is 549 g/mol. The molecule has 0 saturated carbocycles. The Morgan fingerprint density at radius 2 is 1.74 bits per heavy atom. The van der Waals surface area contributed by atoms with Crippen molar-refractivity contribution in [2.45, 2.75) is 32.6 Å². The van der Waals surface area contributed by atoms with Gasteiger partial charge in [-0.25, -0.2) is 8.78 Å². The zero-order valence-electron chi connectivity index (χ0n) is 18.3. The van der Waals surface area contributed by atoms with Gasteiger partial charge in [0.05, 0.1) is 6.54 Å². The third kappa shape index (κ3) is 7.55. The molecule has 2 aliphatic rings. The van der Waals surface area contributed by atoms with E-state index < -0.39 is 11.6 Å². The van der Waals surface area contributed by atoms with Gasteiger partial charge in [-0.15, -0.1) is 24.0 Å². The Labute approximate surface area is 201 Å². The second kappa shape index (κ2) is 13.1. The van der Waals surface area contributed by atoms with Crippen LogP contribution in [-0.2, 0) is 11.2 Å². The number of nitrogens with zero attached hydrogens (tertiary/aromatic N) is 4. The van der Waals surface area contributed by atoms with E-state index in [0.29, 0.717) is 25.1 Å². The zero-order chi connectivity index (χ0) is 21.3. The van der Waals surface area contributed by atoms with E-state index in [1.165, 1.54) is 12.5 Å². The Balaban J connectivity index is 0.00000341. The Morgan fingerprint density at radius 3 is 2.42 bits per heavy atom. The first kappa shape index (κ1) is 25.8. The zero-order valence-corrected chi connectivity index (χ0v) is 20.6. The summed E-state index contributed by atoms with van der Waals surface area (Å²) in [5, 5.41) is 3.29. The van der Waals surface area contributed by atoms with Gasteiger partial charge in [-0.1, -0.05) is 12.1 Å². The highest BCUT2D eigenvalue weighted by Crippen LogP contribution is 2.13. The number of amides is 1. The summed E-state index contributed by atoms with van der Waals surface area (Å²) in [6.45, 7) is 8.59. The summed E-state index contributed by atoms with van der Waals surface area (Å²) in [6, 6.07) is 4.24. The van der Waals surface area contributed by atoms with Crippen LogP contribution in [0.25, 0.3) is 0 Å². The SMILES string of the molecule is CCNC(=NCCc1cccc(F)c1F)N1CCN(CC(=O)N2CCCCC2)CC1.I. The van der Waals surface area contributed by atoms with Crippen LogP contribution in [0.1, 0.15) is 31.7 Å². The molecule has 0 unspecified atom stereocenters. The molecule has 3 rings (SSSR count). The number of aliphatic imine (C=N–C) groups is 1. The molecular formula is C22H34F2IN5O. The number of benzene rings is 1. The molecule has 1 aromatic rings. The predicted molar refractivity (Wildman–Crippen MR) is 130 cm³/mol. The Bertz CT molecular complexity index is 735. The summed E-state index contributed by atoms with van der Waals surface area (Å²) in [5.41, 5.74) is 0.343. The number of halogens is 3. The molecule has 1 aromatic carbocycles. The molecule has 9 heteroatoms. The van der Waals surface area contributed by atoms with Crippen molar-refractivity contribution >= 4 is 35.8 Å². The molecule has 0 spiro atoms. The molecular weight excluding hydrogens is 515 g/mol. The quantitative estimate of drug-likeness (QED) is 0.337. The number of rotatable bonds is 6. The molecule has 2 aliphatic heterocycles. The molecule has 6 nitrogen and oxygen atoms in total. The van der Waals surface area contributed by atoms with Gasteiger partial charge in [-0.2, -0.15) is 0 Å². The molecule has 2 saturated heterocycles. The first-order chi connectivity index (χ1) is 14.6. The summed E-state index contributed by atoms with van der Waals surface area (Å²) < 4.78 is 27.2. The van der Waals surface area contributed by atoms with Crippen LogP contribution in [0.2, 0.25) is 0 Å². The Morgan fingerprint density at radius 1 is 1.03 bits per heavy atom. The molecule has 1 N–H and O–H groups in total. The second-order valence-corrected chi connectivity index (χ2v) is 7.90. The lowest BCUT2D eigenvalue weighted by Gasteiger charge is -2.37. The molecule has 31 heavy (non-hydrogen) atoms. The topological polar surface area (TPSA) is 51.2 Å². The van der Waals surface area contributed by atoms with Crippen molar-refractivity contribution in [2.24, 2.45) is 4.99 Å². The second-order valence-electron chi connectivity index (χ2n) is 7.90. The number of nitrogens with one attached hydrogen (secondary N) is 1. The van der Waals surface area contributed by atoms with Crippen molar-refractivity contribution in [3.05, 3.63) is 35.4 Å². The van der Waals surface area contributed by atoms with E-state index in [4.69, 9.17) is 0 Å². The van der Waals surface area contributed by atoms with E-state index >= 15 is 0 Å². The number of piperazine rings is 1. The van der Waals surface area contributed by atoms with Crippen molar-refractivity contribution in [1.29, 1.82) is 0 Å². The van der Waals surface area contributed by atoms with Gasteiger partial charge in [-0.3, -0.25) is 14.7 Å². The van der Waals surface area contributed by atoms with Gasteiger partial charge < -0.3 is 15.1 Å². The van der Waals surface area contributed by atoms with Crippen molar-refractivity contribution in [3.8, 4) is 0 Å². The highest BCUT2D eigenvalue weighted by atomic mass is 127. The van der Waals surface area contributed by atoms with Gasteiger partial charge in [-0.05, 0) is 44.2 Å². The highest BCUT2D eigenvalue weighted by molar-refractivity contribution is 14.0. The molecule has 0 bridgehead atoms. The van der Waals surface area contributed by atoms with Crippen molar-refractivity contribution < 1.29 is 13.6 Å². The van der Waals surface area contributed by atoms with Crippen molar-refractivity contribution in [2.75, 3.05) is 58.9 Å². The molecule has 0 atom stereocenters. The molecule has 2 heterocycles. The summed E-state index contributed by atoms with van der Waals surface area (Å²) in [5.74, 6) is -0.583. The third-order valence-corrected chi connectivity index (χ3v) is 5.75. The van der Waals surface area contributed by atoms with E-state index in [0.717, 1.165) is 70.7 Å². The smallest absolute Gasteiger partial charge is 0.236 e. The minimum atomic E-state index is -0.821. The van der Waals surface area contributed by atoms with Gasteiger partial charge in [0.25, 0.3) is 0 Å². The van der Waals surface area contributed by atoms with E-state index in [1.54, 1.807) is 6.07 Å². The number of hydrogen-bond acceptors (Lipinski definition) is 3. The molecule has 2 fully saturated rings. The van der Waals surface area contributed by atoms with Crippen LogP contribution in [-0.4, -0.2) is 85.5 Å². The van der Waals surface area contributed by atoms with Gasteiger partial charge in [0.15, 0.2) is 17.6 Å². The Hall–Kier alpha value is -1.49. The molecule has 174 valence electrons. The first-order valence-electron chi connectivity index (χ1n) is 11.0. The summed E-state index contributed by atoms with van der Waals surface area (Å²) in [4.78, 5) is 23.5.